The summed E-state index contributed by atoms with van der Waals surface area (Å²) in [6.07, 6.45) is 6.75. The number of hydrogen-bond donors (Lipinski definition) is 1. The molecular weight excluding hydrogens is 266 g/mol. The molecule has 19 heavy (non-hydrogen) atoms. The first kappa shape index (κ1) is 14.3. The number of aromatic nitrogens is 2. The number of nitrogens with zero attached hydrogens (tertiary/aromatic N) is 2. The smallest absolute Gasteiger partial charge is 0.235 e. The molecule has 0 amide bonds. The molecule has 0 aromatic carbocycles. The summed E-state index contributed by atoms with van der Waals surface area (Å²) in [6, 6.07) is 0. The first-order valence-corrected chi connectivity index (χ1v) is 8.18. The van der Waals surface area contributed by atoms with Crippen LogP contribution in [0.3, 0.4) is 0 Å². The minimum Gasteiger partial charge on any atom is -0.376 e. The number of ether oxygens (including phenoxy) is 1. The molecule has 0 radical (unpaired) electrons. The van der Waals surface area contributed by atoms with Gasteiger partial charge in [-0.1, -0.05) is 0 Å². The molecular formula is C12H21N3O3S. The largest absolute Gasteiger partial charge is 0.376 e. The average molecular weight is 287 g/mol. The topological polar surface area (TPSA) is 73.2 Å². The van der Waals surface area contributed by atoms with E-state index in [4.69, 9.17) is 4.74 Å². The summed E-state index contributed by atoms with van der Waals surface area (Å²) in [6.45, 7) is 4.76. The molecule has 0 bridgehead atoms. The van der Waals surface area contributed by atoms with E-state index in [1.807, 2.05) is 0 Å². The molecule has 0 saturated carbocycles. The Kier molecular flexibility index (Phi) is 4.46. The molecule has 1 fully saturated rings. The summed E-state index contributed by atoms with van der Waals surface area (Å²) >= 11 is 0. The average Bonchev–Trinajstić information content (AvgIpc) is 2.77. The van der Waals surface area contributed by atoms with E-state index in [0.717, 1.165) is 19.4 Å². The Morgan fingerprint density at radius 3 is 2.95 bits per heavy atom. The Hall–Kier alpha value is -1.08. The first-order valence-electron chi connectivity index (χ1n) is 6.63. The van der Waals surface area contributed by atoms with E-state index in [1.54, 1.807) is 24.7 Å². The fourth-order valence-electron chi connectivity index (χ4n) is 1.96. The molecule has 0 unspecified atom stereocenters. The van der Waals surface area contributed by atoms with Crippen LogP contribution in [0.15, 0.2) is 12.4 Å². The van der Waals surface area contributed by atoms with Crippen LogP contribution in [0.2, 0.25) is 0 Å². The van der Waals surface area contributed by atoms with Gasteiger partial charge in [-0.05, 0) is 33.1 Å². The molecule has 1 saturated heterocycles. The zero-order chi connectivity index (χ0) is 13.9. The maximum Gasteiger partial charge on any atom is 0.235 e. The zero-order valence-electron chi connectivity index (χ0n) is 11.4. The van der Waals surface area contributed by atoms with Crippen molar-refractivity contribution in [2.45, 2.75) is 51.0 Å². The molecule has 108 valence electrons. The number of rotatable bonds is 5. The molecule has 1 atom stereocenters. The second kappa shape index (κ2) is 5.92. The van der Waals surface area contributed by atoms with Crippen molar-refractivity contribution in [3.63, 3.8) is 0 Å². The van der Waals surface area contributed by atoms with Crippen molar-refractivity contribution < 1.29 is 13.2 Å². The summed E-state index contributed by atoms with van der Waals surface area (Å²) in [5, 5.41) is 3.70. The Balaban J connectivity index is 1.95. The van der Waals surface area contributed by atoms with Gasteiger partial charge in [0.2, 0.25) is 10.0 Å². The Labute approximate surface area is 114 Å². The lowest BCUT2D eigenvalue weighted by atomic mass is 10.1. The van der Waals surface area contributed by atoms with Gasteiger partial charge in [0.1, 0.15) is 0 Å². The van der Waals surface area contributed by atoms with Gasteiger partial charge in [0.05, 0.1) is 29.8 Å². The van der Waals surface area contributed by atoms with Gasteiger partial charge >= 0.3 is 0 Å². The van der Waals surface area contributed by atoms with Crippen LogP contribution in [-0.4, -0.2) is 36.2 Å². The van der Waals surface area contributed by atoms with Crippen LogP contribution in [0.4, 0.5) is 5.69 Å². The maximum atomic E-state index is 11.7. The lowest BCUT2D eigenvalue weighted by Gasteiger charge is -2.22. The van der Waals surface area contributed by atoms with Crippen LogP contribution >= 0.6 is 0 Å². The second-order valence-corrected chi connectivity index (χ2v) is 7.37. The zero-order valence-corrected chi connectivity index (χ0v) is 12.2. The van der Waals surface area contributed by atoms with Crippen LogP contribution < -0.4 is 4.72 Å². The van der Waals surface area contributed by atoms with E-state index >= 15 is 0 Å². The third kappa shape index (κ3) is 3.94. The number of nitrogens with one attached hydrogen (secondary N) is 1. The standard InChI is InChI=1S/C12H21N3O3S/c1-10(2)19(16,17)14-11-7-13-15(8-11)9-12-5-3-4-6-18-12/h7-8,10,12,14H,3-6,9H2,1-2H3/t12-/m1/s1. The van der Waals surface area contributed by atoms with Crippen LogP contribution in [0.1, 0.15) is 33.1 Å². The Morgan fingerprint density at radius 2 is 2.32 bits per heavy atom. The van der Waals surface area contributed by atoms with E-state index in [9.17, 15) is 8.42 Å². The molecule has 0 aliphatic carbocycles. The van der Waals surface area contributed by atoms with E-state index in [1.165, 1.54) is 12.6 Å². The Morgan fingerprint density at radius 1 is 1.53 bits per heavy atom. The summed E-state index contributed by atoms with van der Waals surface area (Å²) < 4.78 is 33.3. The van der Waals surface area contributed by atoms with Crippen LogP contribution in [0, 0.1) is 0 Å². The van der Waals surface area contributed by atoms with Gasteiger partial charge in [0, 0.05) is 12.8 Å². The molecule has 2 heterocycles. The minimum absolute atomic E-state index is 0.184. The summed E-state index contributed by atoms with van der Waals surface area (Å²) in [7, 11) is -3.31. The predicted molar refractivity (Wildman–Crippen MR) is 73.5 cm³/mol. The van der Waals surface area contributed by atoms with E-state index in [0.29, 0.717) is 12.2 Å². The SMILES string of the molecule is CC(C)S(=O)(=O)Nc1cnn(C[C@H]2CCCCO2)c1. The molecule has 7 heteroatoms. The van der Waals surface area contributed by atoms with Gasteiger partial charge < -0.3 is 4.74 Å². The predicted octanol–water partition coefficient (Wildman–Crippen LogP) is 1.60. The van der Waals surface area contributed by atoms with Gasteiger partial charge in [-0.2, -0.15) is 5.10 Å². The molecule has 1 aromatic rings. The lowest BCUT2D eigenvalue weighted by molar-refractivity contribution is 0.00401. The fraction of sp³-hybridized carbons (Fsp3) is 0.750. The van der Waals surface area contributed by atoms with Crippen LogP contribution in [0.5, 0.6) is 0 Å². The highest BCUT2D eigenvalue weighted by molar-refractivity contribution is 7.93. The van der Waals surface area contributed by atoms with Crippen molar-refractivity contribution in [2.24, 2.45) is 0 Å². The van der Waals surface area contributed by atoms with Crippen molar-refractivity contribution in [2.75, 3.05) is 11.3 Å². The maximum absolute atomic E-state index is 11.7. The van der Waals surface area contributed by atoms with Gasteiger partial charge in [-0.25, -0.2) is 8.42 Å². The van der Waals surface area contributed by atoms with Crippen molar-refractivity contribution in [3.8, 4) is 0 Å². The monoisotopic (exact) mass is 287 g/mol. The summed E-state index contributed by atoms with van der Waals surface area (Å²) in [5.74, 6) is 0. The van der Waals surface area contributed by atoms with Crippen molar-refractivity contribution in [1.29, 1.82) is 0 Å². The summed E-state index contributed by atoms with van der Waals surface area (Å²) in [4.78, 5) is 0. The highest BCUT2D eigenvalue weighted by Gasteiger charge is 2.18. The van der Waals surface area contributed by atoms with Gasteiger partial charge in [0.25, 0.3) is 0 Å². The Bertz CT molecular complexity index is 504. The van der Waals surface area contributed by atoms with Crippen molar-refractivity contribution in [3.05, 3.63) is 12.4 Å². The van der Waals surface area contributed by atoms with Crippen molar-refractivity contribution >= 4 is 15.7 Å². The van der Waals surface area contributed by atoms with E-state index in [2.05, 4.69) is 9.82 Å². The second-order valence-electron chi connectivity index (χ2n) is 5.14. The van der Waals surface area contributed by atoms with Gasteiger partial charge in [-0.3, -0.25) is 9.40 Å². The molecule has 1 N–H and O–H groups in total. The number of hydrogen-bond acceptors (Lipinski definition) is 4. The van der Waals surface area contributed by atoms with Crippen LogP contribution in [-0.2, 0) is 21.3 Å². The van der Waals surface area contributed by atoms with Gasteiger partial charge in [-0.15, -0.1) is 0 Å². The lowest BCUT2D eigenvalue weighted by Crippen LogP contribution is -2.24. The van der Waals surface area contributed by atoms with Crippen LogP contribution in [0.25, 0.3) is 0 Å². The quantitative estimate of drug-likeness (QED) is 0.892. The van der Waals surface area contributed by atoms with Gasteiger partial charge in [0.15, 0.2) is 0 Å². The minimum atomic E-state index is -3.31. The fourth-order valence-corrected chi connectivity index (χ4v) is 2.63. The van der Waals surface area contributed by atoms with E-state index in [-0.39, 0.29) is 6.10 Å². The third-order valence-electron chi connectivity index (χ3n) is 3.18. The first-order chi connectivity index (χ1) is 8.97. The van der Waals surface area contributed by atoms with E-state index < -0.39 is 15.3 Å². The number of sulfonamides is 1. The summed E-state index contributed by atoms with van der Waals surface area (Å²) in [5.41, 5.74) is 0.504. The third-order valence-corrected chi connectivity index (χ3v) is 4.94. The highest BCUT2D eigenvalue weighted by atomic mass is 32.2. The molecule has 1 aromatic heterocycles. The normalized spacial score (nSPS) is 20.7. The molecule has 2 rings (SSSR count). The molecule has 1 aliphatic rings. The molecule has 0 spiro atoms. The molecule has 6 nitrogen and oxygen atoms in total. The molecule has 1 aliphatic heterocycles. The van der Waals surface area contributed by atoms with Crippen molar-refractivity contribution in [1.82, 2.24) is 9.78 Å². The highest BCUT2D eigenvalue weighted by Crippen LogP contribution is 2.16. The number of anilines is 1.